The molecule has 0 spiro atoms. The molecule has 0 fully saturated rings. The Kier molecular flexibility index (Phi) is 6.34. The lowest BCUT2D eigenvalue weighted by molar-refractivity contribution is 0.0603. The van der Waals surface area contributed by atoms with Crippen LogP contribution in [0.1, 0.15) is 27.6 Å². The maximum atomic E-state index is 12.7. The van der Waals surface area contributed by atoms with Crippen molar-refractivity contribution in [2.75, 3.05) is 19.0 Å². The first-order valence-electron chi connectivity index (χ1n) is 8.53. The summed E-state index contributed by atoms with van der Waals surface area (Å²) in [6.45, 7) is 2.38. The molecule has 5 nitrogen and oxygen atoms in total. The molecule has 0 saturated heterocycles. The van der Waals surface area contributed by atoms with Crippen LogP contribution in [0.4, 0.5) is 5.00 Å². The number of thiophene rings is 1. The van der Waals surface area contributed by atoms with Crippen molar-refractivity contribution >= 4 is 39.8 Å². The average Bonchev–Trinajstić information content (AvgIpc) is 3.12. The SMILES string of the molecule is CCOc1cccc(C(=O)Nc2scc(-c3ccc(Cl)cc3)c2C(=O)OC)c1. The van der Waals surface area contributed by atoms with E-state index in [4.69, 9.17) is 21.1 Å². The van der Waals surface area contributed by atoms with Crippen LogP contribution in [-0.4, -0.2) is 25.6 Å². The molecule has 3 aromatic rings. The molecule has 144 valence electrons. The molecule has 1 aromatic heterocycles. The lowest BCUT2D eigenvalue weighted by atomic mass is 10.0. The maximum absolute atomic E-state index is 12.7. The van der Waals surface area contributed by atoms with Gasteiger partial charge in [0.2, 0.25) is 0 Å². The zero-order valence-electron chi connectivity index (χ0n) is 15.3. The van der Waals surface area contributed by atoms with E-state index in [1.54, 1.807) is 36.4 Å². The van der Waals surface area contributed by atoms with Gasteiger partial charge in [0.05, 0.1) is 13.7 Å². The summed E-state index contributed by atoms with van der Waals surface area (Å²) in [6.07, 6.45) is 0. The number of nitrogens with one attached hydrogen (secondary N) is 1. The predicted octanol–water partition coefficient (Wildman–Crippen LogP) is 5.51. The smallest absolute Gasteiger partial charge is 0.341 e. The van der Waals surface area contributed by atoms with Crippen molar-refractivity contribution in [3.8, 4) is 16.9 Å². The number of halogens is 1. The number of amides is 1. The van der Waals surface area contributed by atoms with Crippen molar-refractivity contribution in [1.29, 1.82) is 0 Å². The Morgan fingerprint density at radius 2 is 1.89 bits per heavy atom. The third-order valence-corrected chi connectivity index (χ3v) is 5.12. The minimum atomic E-state index is -0.524. The number of anilines is 1. The molecule has 0 saturated carbocycles. The molecule has 0 aliphatic heterocycles. The highest BCUT2D eigenvalue weighted by molar-refractivity contribution is 7.15. The summed E-state index contributed by atoms with van der Waals surface area (Å²) in [6, 6.07) is 14.0. The number of methoxy groups -OCH3 is 1. The van der Waals surface area contributed by atoms with Crippen LogP contribution in [0.2, 0.25) is 5.02 Å². The van der Waals surface area contributed by atoms with Crippen molar-refractivity contribution in [1.82, 2.24) is 0 Å². The molecule has 7 heteroatoms. The fraction of sp³-hybridized carbons (Fsp3) is 0.143. The fourth-order valence-electron chi connectivity index (χ4n) is 2.67. The van der Waals surface area contributed by atoms with Crippen LogP contribution in [0.3, 0.4) is 0 Å². The highest BCUT2D eigenvalue weighted by atomic mass is 35.5. The summed E-state index contributed by atoms with van der Waals surface area (Å²) < 4.78 is 10.4. The second-order valence-corrected chi connectivity index (χ2v) is 7.08. The van der Waals surface area contributed by atoms with Crippen LogP contribution in [0.25, 0.3) is 11.1 Å². The summed E-state index contributed by atoms with van der Waals surface area (Å²) in [5, 5.41) is 5.64. The molecule has 0 unspecified atom stereocenters. The topological polar surface area (TPSA) is 64.6 Å². The van der Waals surface area contributed by atoms with E-state index in [1.165, 1.54) is 18.4 Å². The fourth-order valence-corrected chi connectivity index (χ4v) is 3.74. The van der Waals surface area contributed by atoms with Crippen LogP contribution in [0, 0.1) is 0 Å². The van der Waals surface area contributed by atoms with E-state index < -0.39 is 5.97 Å². The van der Waals surface area contributed by atoms with Gasteiger partial charge in [0.1, 0.15) is 16.3 Å². The van der Waals surface area contributed by atoms with E-state index in [0.717, 1.165) is 5.56 Å². The summed E-state index contributed by atoms with van der Waals surface area (Å²) in [7, 11) is 1.31. The van der Waals surface area contributed by atoms with Gasteiger partial charge < -0.3 is 14.8 Å². The third kappa shape index (κ3) is 4.35. The van der Waals surface area contributed by atoms with Crippen molar-refractivity contribution in [2.24, 2.45) is 0 Å². The first-order chi connectivity index (χ1) is 13.5. The maximum Gasteiger partial charge on any atom is 0.341 e. The molecule has 1 N–H and O–H groups in total. The number of carbonyl (C=O) groups excluding carboxylic acids is 2. The van der Waals surface area contributed by atoms with E-state index in [2.05, 4.69) is 5.32 Å². The van der Waals surface area contributed by atoms with Crippen molar-refractivity contribution in [2.45, 2.75) is 6.92 Å². The molecule has 28 heavy (non-hydrogen) atoms. The molecule has 2 aromatic carbocycles. The number of rotatable bonds is 6. The molecule has 0 aliphatic carbocycles. The van der Waals surface area contributed by atoms with E-state index in [9.17, 15) is 9.59 Å². The molecule has 0 aliphatic rings. The molecule has 0 atom stereocenters. The molecule has 0 radical (unpaired) electrons. The summed E-state index contributed by atoms with van der Waals surface area (Å²) in [4.78, 5) is 25.1. The van der Waals surface area contributed by atoms with Crippen molar-refractivity contribution in [3.05, 3.63) is 70.1 Å². The Hall–Kier alpha value is -2.83. The summed E-state index contributed by atoms with van der Waals surface area (Å²) >= 11 is 7.21. The Morgan fingerprint density at radius 3 is 2.57 bits per heavy atom. The number of hydrogen-bond donors (Lipinski definition) is 1. The van der Waals surface area contributed by atoms with Gasteiger partial charge in [0.25, 0.3) is 5.91 Å². The number of ether oxygens (including phenoxy) is 2. The van der Waals surface area contributed by atoms with E-state index in [-0.39, 0.29) is 5.91 Å². The number of benzene rings is 2. The van der Waals surface area contributed by atoms with E-state index in [0.29, 0.717) is 39.1 Å². The lowest BCUT2D eigenvalue weighted by Gasteiger charge is -2.09. The van der Waals surface area contributed by atoms with Gasteiger partial charge in [-0.2, -0.15) is 0 Å². The molecular formula is C21H18ClNO4S. The van der Waals surface area contributed by atoms with Gasteiger partial charge >= 0.3 is 5.97 Å². The third-order valence-electron chi connectivity index (χ3n) is 3.97. The molecule has 1 heterocycles. The van der Waals surface area contributed by atoms with Gasteiger partial charge in [-0.3, -0.25) is 4.79 Å². The van der Waals surface area contributed by atoms with Crippen molar-refractivity contribution in [3.63, 3.8) is 0 Å². The van der Waals surface area contributed by atoms with Gasteiger partial charge in [0.15, 0.2) is 0 Å². The van der Waals surface area contributed by atoms with Gasteiger partial charge in [0, 0.05) is 21.5 Å². The Balaban J connectivity index is 1.93. The number of carbonyl (C=O) groups is 2. The first kappa shape index (κ1) is 19.9. The van der Waals surface area contributed by atoms with E-state index >= 15 is 0 Å². The normalized spacial score (nSPS) is 10.4. The monoisotopic (exact) mass is 415 g/mol. The lowest BCUT2D eigenvalue weighted by Crippen LogP contribution is -2.14. The summed E-state index contributed by atoms with van der Waals surface area (Å²) in [5.74, 6) is -0.253. The molecular weight excluding hydrogens is 398 g/mol. The first-order valence-corrected chi connectivity index (χ1v) is 9.79. The molecule has 0 bridgehead atoms. The highest BCUT2D eigenvalue weighted by Gasteiger charge is 2.22. The van der Waals surface area contributed by atoms with Gasteiger partial charge in [-0.15, -0.1) is 11.3 Å². The molecule has 3 rings (SSSR count). The minimum Gasteiger partial charge on any atom is -0.494 e. The number of esters is 1. The van der Waals surface area contributed by atoms with Crippen LogP contribution in [-0.2, 0) is 4.74 Å². The largest absolute Gasteiger partial charge is 0.494 e. The van der Waals surface area contributed by atoms with Gasteiger partial charge in [-0.1, -0.05) is 29.8 Å². The zero-order chi connectivity index (χ0) is 20.1. The quantitative estimate of drug-likeness (QED) is 0.539. The van der Waals surface area contributed by atoms with Gasteiger partial charge in [-0.05, 0) is 42.8 Å². The Morgan fingerprint density at radius 1 is 1.14 bits per heavy atom. The van der Waals surface area contributed by atoms with Crippen molar-refractivity contribution < 1.29 is 19.1 Å². The second kappa shape index (κ2) is 8.91. The van der Waals surface area contributed by atoms with Crippen LogP contribution in [0.15, 0.2) is 53.9 Å². The van der Waals surface area contributed by atoms with Crippen LogP contribution >= 0.6 is 22.9 Å². The highest BCUT2D eigenvalue weighted by Crippen LogP contribution is 2.36. The Bertz CT molecular complexity index is 998. The average molecular weight is 416 g/mol. The Labute approximate surface area is 171 Å². The van der Waals surface area contributed by atoms with Gasteiger partial charge in [-0.25, -0.2) is 4.79 Å². The van der Waals surface area contributed by atoms with Crippen LogP contribution in [0.5, 0.6) is 5.75 Å². The second-order valence-electron chi connectivity index (χ2n) is 5.77. The predicted molar refractivity (Wildman–Crippen MR) is 112 cm³/mol. The standard InChI is InChI=1S/C21H18ClNO4S/c1-3-27-16-6-4-5-14(11-16)19(24)23-20-18(21(25)26-2)17(12-28-20)13-7-9-15(22)10-8-13/h4-12H,3H2,1-2H3,(H,23,24). The minimum absolute atomic E-state index is 0.309. The van der Waals surface area contributed by atoms with Crippen LogP contribution < -0.4 is 10.1 Å². The van der Waals surface area contributed by atoms with E-state index in [1.807, 2.05) is 24.4 Å². The molecule has 1 amide bonds. The zero-order valence-corrected chi connectivity index (χ0v) is 16.9. The summed E-state index contributed by atoms with van der Waals surface area (Å²) in [5.41, 5.74) is 2.22. The number of hydrogen-bond acceptors (Lipinski definition) is 5.